The molecule has 0 bridgehead atoms. The van der Waals surface area contributed by atoms with Crippen LogP contribution in [0.4, 0.5) is 0 Å². The molecule has 2 aromatic heterocycles. The molecule has 0 fully saturated rings. The van der Waals surface area contributed by atoms with Crippen LogP contribution >= 0.6 is 11.3 Å². The lowest BCUT2D eigenvalue weighted by atomic mass is 10.1. The van der Waals surface area contributed by atoms with Gasteiger partial charge in [0.25, 0.3) is 0 Å². The Morgan fingerprint density at radius 3 is 2.81 bits per heavy atom. The number of rotatable bonds is 3. The molecule has 4 heteroatoms. The Kier molecular flexibility index (Phi) is 2.92. The van der Waals surface area contributed by atoms with Gasteiger partial charge in [-0.25, -0.2) is 4.79 Å². The molecule has 82 valence electrons. The summed E-state index contributed by atoms with van der Waals surface area (Å²) in [6, 6.07) is 5.41. The fraction of sp³-hybridized carbons (Fsp3) is 0.0833. The Balaban J connectivity index is 2.45. The molecule has 0 aromatic carbocycles. The van der Waals surface area contributed by atoms with E-state index < -0.39 is 5.97 Å². The summed E-state index contributed by atoms with van der Waals surface area (Å²) in [5.74, 6) is -0.357. The molecule has 0 spiro atoms. The molecule has 0 unspecified atom stereocenters. The molecule has 0 saturated carbocycles. The van der Waals surface area contributed by atoms with Crippen molar-refractivity contribution < 1.29 is 14.3 Å². The number of hydrogen-bond donors (Lipinski definition) is 1. The lowest BCUT2D eigenvalue weighted by Crippen LogP contribution is -1.97. The number of carboxylic acid groups (broad SMARTS) is 1. The zero-order valence-corrected chi connectivity index (χ0v) is 9.45. The summed E-state index contributed by atoms with van der Waals surface area (Å²) < 4.78 is 5.21. The molecule has 3 nitrogen and oxygen atoms in total. The van der Waals surface area contributed by atoms with E-state index in [0.29, 0.717) is 5.76 Å². The highest BCUT2D eigenvalue weighted by atomic mass is 32.1. The fourth-order valence-corrected chi connectivity index (χ4v) is 2.07. The minimum absolute atomic E-state index is 0.257. The molecule has 0 aliphatic rings. The van der Waals surface area contributed by atoms with E-state index in [0.717, 1.165) is 10.4 Å². The minimum Gasteiger partial charge on any atom is -0.478 e. The molecule has 0 atom stereocenters. The summed E-state index contributed by atoms with van der Waals surface area (Å²) in [7, 11) is 0. The van der Waals surface area contributed by atoms with Gasteiger partial charge in [0, 0.05) is 4.88 Å². The third-order valence-electron chi connectivity index (χ3n) is 2.19. The normalized spacial score (nSPS) is 11.7. The van der Waals surface area contributed by atoms with Crippen LogP contribution in [0.3, 0.4) is 0 Å². The second-order valence-electron chi connectivity index (χ2n) is 3.31. The van der Waals surface area contributed by atoms with Crippen LogP contribution in [0.5, 0.6) is 0 Å². The van der Waals surface area contributed by atoms with E-state index in [1.54, 1.807) is 24.5 Å². The summed E-state index contributed by atoms with van der Waals surface area (Å²) in [6.07, 6.45) is 3.11. The van der Waals surface area contributed by atoms with Gasteiger partial charge in [0.05, 0.1) is 11.8 Å². The van der Waals surface area contributed by atoms with Crippen LogP contribution in [-0.4, -0.2) is 11.1 Å². The number of furan rings is 1. The predicted octanol–water partition coefficient (Wildman–Crippen LogP) is 3.27. The molecule has 1 N–H and O–H groups in total. The van der Waals surface area contributed by atoms with Crippen LogP contribution < -0.4 is 0 Å². The lowest BCUT2D eigenvalue weighted by Gasteiger charge is -1.98. The molecule has 0 radical (unpaired) electrons. The molecule has 16 heavy (non-hydrogen) atoms. The topological polar surface area (TPSA) is 50.4 Å². The van der Waals surface area contributed by atoms with Gasteiger partial charge >= 0.3 is 5.97 Å². The number of aliphatic carboxylic acids is 1. The fourth-order valence-electron chi connectivity index (χ4n) is 1.33. The Morgan fingerprint density at radius 1 is 1.50 bits per heavy atom. The van der Waals surface area contributed by atoms with Gasteiger partial charge in [0.2, 0.25) is 0 Å². The van der Waals surface area contributed by atoms with Crippen LogP contribution in [-0.2, 0) is 4.79 Å². The molecule has 0 saturated heterocycles. The van der Waals surface area contributed by atoms with Gasteiger partial charge in [-0.3, -0.25) is 0 Å². The van der Waals surface area contributed by atoms with Gasteiger partial charge in [-0.15, -0.1) is 11.3 Å². The number of hydrogen-bond acceptors (Lipinski definition) is 3. The van der Waals surface area contributed by atoms with Crippen LogP contribution in [0.2, 0.25) is 0 Å². The Labute approximate surface area is 96.6 Å². The summed E-state index contributed by atoms with van der Waals surface area (Å²) in [4.78, 5) is 11.9. The van der Waals surface area contributed by atoms with Crippen molar-refractivity contribution in [3.05, 3.63) is 46.0 Å². The quantitative estimate of drug-likeness (QED) is 0.829. The summed E-state index contributed by atoms with van der Waals surface area (Å²) in [6.45, 7) is 1.88. The Morgan fingerprint density at radius 2 is 2.31 bits per heavy atom. The van der Waals surface area contributed by atoms with Crippen molar-refractivity contribution in [3.63, 3.8) is 0 Å². The SMILES string of the molecule is Cc1ccoc1/C=C(/C(=O)O)c1cccs1. The zero-order valence-electron chi connectivity index (χ0n) is 8.64. The van der Waals surface area contributed by atoms with Gasteiger partial charge in [0.15, 0.2) is 0 Å². The Bertz CT molecular complexity index is 520. The molecular formula is C12H10O3S. The van der Waals surface area contributed by atoms with Crippen molar-refractivity contribution in [2.75, 3.05) is 0 Å². The molecule has 2 aromatic rings. The average molecular weight is 234 g/mol. The predicted molar refractivity (Wildman–Crippen MR) is 63.3 cm³/mol. The zero-order chi connectivity index (χ0) is 11.5. The van der Waals surface area contributed by atoms with Crippen molar-refractivity contribution >= 4 is 29.0 Å². The lowest BCUT2D eigenvalue weighted by molar-refractivity contribution is -0.130. The van der Waals surface area contributed by atoms with Gasteiger partial charge in [-0.05, 0) is 36.1 Å². The van der Waals surface area contributed by atoms with Crippen LogP contribution in [0.25, 0.3) is 11.6 Å². The molecule has 2 rings (SSSR count). The van der Waals surface area contributed by atoms with Crippen LogP contribution in [0.15, 0.2) is 34.3 Å². The average Bonchev–Trinajstić information content (AvgIpc) is 2.85. The van der Waals surface area contributed by atoms with E-state index in [9.17, 15) is 4.79 Å². The van der Waals surface area contributed by atoms with E-state index in [1.807, 2.05) is 18.4 Å². The highest BCUT2D eigenvalue weighted by Crippen LogP contribution is 2.24. The van der Waals surface area contributed by atoms with Gasteiger partial charge in [0.1, 0.15) is 5.76 Å². The first-order valence-corrected chi connectivity index (χ1v) is 5.59. The summed E-state index contributed by atoms with van der Waals surface area (Å²) in [5, 5.41) is 11.0. The highest BCUT2D eigenvalue weighted by Gasteiger charge is 2.12. The van der Waals surface area contributed by atoms with Crippen molar-refractivity contribution in [3.8, 4) is 0 Å². The van der Waals surface area contributed by atoms with E-state index in [2.05, 4.69) is 0 Å². The van der Waals surface area contributed by atoms with Gasteiger partial charge in [-0.1, -0.05) is 6.07 Å². The van der Waals surface area contributed by atoms with E-state index in [4.69, 9.17) is 9.52 Å². The maximum absolute atomic E-state index is 11.1. The first kappa shape index (κ1) is 10.7. The molecule has 2 heterocycles. The molecular weight excluding hydrogens is 224 g/mol. The van der Waals surface area contributed by atoms with E-state index >= 15 is 0 Å². The first-order chi connectivity index (χ1) is 7.68. The van der Waals surface area contributed by atoms with Crippen molar-refractivity contribution in [1.29, 1.82) is 0 Å². The third-order valence-corrected chi connectivity index (χ3v) is 3.10. The van der Waals surface area contributed by atoms with Crippen molar-refractivity contribution in [2.45, 2.75) is 6.92 Å². The van der Waals surface area contributed by atoms with Crippen molar-refractivity contribution in [1.82, 2.24) is 0 Å². The van der Waals surface area contributed by atoms with Gasteiger partial charge in [-0.2, -0.15) is 0 Å². The van der Waals surface area contributed by atoms with Crippen LogP contribution in [0, 0.1) is 6.92 Å². The number of aryl methyl sites for hydroxylation is 1. The second-order valence-corrected chi connectivity index (χ2v) is 4.26. The first-order valence-electron chi connectivity index (χ1n) is 4.71. The van der Waals surface area contributed by atoms with E-state index in [-0.39, 0.29) is 5.57 Å². The minimum atomic E-state index is -0.946. The van der Waals surface area contributed by atoms with Crippen LogP contribution in [0.1, 0.15) is 16.2 Å². The smallest absolute Gasteiger partial charge is 0.337 e. The number of thiophene rings is 1. The number of carbonyl (C=O) groups is 1. The summed E-state index contributed by atoms with van der Waals surface area (Å²) in [5.41, 5.74) is 1.18. The largest absolute Gasteiger partial charge is 0.478 e. The standard InChI is InChI=1S/C12H10O3S/c1-8-4-5-15-10(8)7-9(12(13)14)11-3-2-6-16-11/h2-7H,1H3,(H,13,14)/b9-7+. The van der Waals surface area contributed by atoms with E-state index in [1.165, 1.54) is 11.3 Å². The Hall–Kier alpha value is -1.81. The van der Waals surface area contributed by atoms with Crippen molar-refractivity contribution in [2.24, 2.45) is 0 Å². The monoisotopic (exact) mass is 234 g/mol. The second kappa shape index (κ2) is 4.37. The van der Waals surface area contributed by atoms with Gasteiger partial charge < -0.3 is 9.52 Å². The molecule has 0 aliphatic carbocycles. The molecule has 0 amide bonds. The maximum atomic E-state index is 11.1. The number of carboxylic acids is 1. The maximum Gasteiger partial charge on any atom is 0.337 e. The molecule has 0 aliphatic heterocycles. The summed E-state index contributed by atoms with van der Waals surface area (Å²) >= 11 is 1.40. The highest BCUT2D eigenvalue weighted by molar-refractivity contribution is 7.11. The third kappa shape index (κ3) is 2.06.